The predicted molar refractivity (Wildman–Crippen MR) is 78.3 cm³/mol. The number of ether oxygens (including phenoxy) is 1. The van der Waals surface area contributed by atoms with Crippen LogP contribution < -0.4 is 16.0 Å². The summed E-state index contributed by atoms with van der Waals surface area (Å²) in [4.78, 5) is 18.4. The molecule has 3 rings (SSSR count). The van der Waals surface area contributed by atoms with E-state index in [9.17, 15) is 4.79 Å². The Balaban J connectivity index is 1.66. The smallest absolute Gasteiger partial charge is 0.345 e. The zero-order valence-electron chi connectivity index (χ0n) is 12.1. The quantitative estimate of drug-likeness (QED) is 0.828. The molecule has 1 aliphatic carbocycles. The second kappa shape index (κ2) is 6.30. The molecule has 2 heterocycles. The van der Waals surface area contributed by atoms with Crippen LogP contribution in [0.15, 0.2) is 0 Å². The van der Waals surface area contributed by atoms with E-state index < -0.39 is 0 Å². The van der Waals surface area contributed by atoms with Crippen LogP contribution in [0.1, 0.15) is 32.1 Å². The number of morpholine rings is 1. The maximum atomic E-state index is 12.3. The maximum absolute atomic E-state index is 12.3. The standard InChI is InChI=1S/C13H22N6O2/c14-11-16-12(18-6-8-21-9-7-18)17-19(11)13(20)15-10-4-2-1-3-5-10/h10H,1-9H2,(H,15,20)(H2,14,16,17). The average Bonchev–Trinajstić information content (AvgIpc) is 2.91. The number of anilines is 2. The lowest BCUT2D eigenvalue weighted by atomic mass is 9.96. The Kier molecular flexibility index (Phi) is 4.23. The first-order chi connectivity index (χ1) is 10.2. The third-order valence-corrected chi connectivity index (χ3v) is 4.04. The molecule has 0 bridgehead atoms. The number of amides is 1. The fraction of sp³-hybridized carbons (Fsp3) is 0.769. The van der Waals surface area contributed by atoms with E-state index in [0.717, 1.165) is 25.7 Å². The number of hydrogen-bond donors (Lipinski definition) is 2. The van der Waals surface area contributed by atoms with Crippen molar-refractivity contribution in [3.63, 3.8) is 0 Å². The summed E-state index contributed by atoms with van der Waals surface area (Å²) in [7, 11) is 0. The van der Waals surface area contributed by atoms with Crippen molar-refractivity contribution in [2.24, 2.45) is 0 Å². The van der Waals surface area contributed by atoms with Crippen molar-refractivity contribution >= 4 is 17.9 Å². The number of nitrogens with zero attached hydrogens (tertiary/aromatic N) is 4. The van der Waals surface area contributed by atoms with Crippen molar-refractivity contribution in [1.29, 1.82) is 0 Å². The normalized spacial score (nSPS) is 20.5. The second-order valence-corrected chi connectivity index (χ2v) is 5.57. The largest absolute Gasteiger partial charge is 0.378 e. The summed E-state index contributed by atoms with van der Waals surface area (Å²) in [5.41, 5.74) is 5.82. The van der Waals surface area contributed by atoms with Gasteiger partial charge in [-0.15, -0.1) is 9.78 Å². The van der Waals surface area contributed by atoms with Crippen molar-refractivity contribution in [1.82, 2.24) is 20.1 Å². The van der Waals surface area contributed by atoms with Crippen LogP contribution in [0.5, 0.6) is 0 Å². The third-order valence-electron chi connectivity index (χ3n) is 4.04. The Bertz CT molecular complexity index is 491. The molecule has 1 saturated carbocycles. The monoisotopic (exact) mass is 294 g/mol. The van der Waals surface area contributed by atoms with Gasteiger partial charge in [-0.1, -0.05) is 19.3 Å². The molecule has 2 fully saturated rings. The molecule has 8 nitrogen and oxygen atoms in total. The number of carbonyl (C=O) groups excluding carboxylic acids is 1. The Hall–Kier alpha value is -1.83. The lowest BCUT2D eigenvalue weighted by molar-refractivity contribution is 0.122. The molecule has 116 valence electrons. The van der Waals surface area contributed by atoms with Crippen molar-refractivity contribution in [2.75, 3.05) is 36.9 Å². The van der Waals surface area contributed by atoms with Crippen LogP contribution in [0, 0.1) is 0 Å². The van der Waals surface area contributed by atoms with Gasteiger partial charge in [-0.2, -0.15) is 4.98 Å². The maximum Gasteiger partial charge on any atom is 0.345 e. The Labute approximate surface area is 123 Å². The summed E-state index contributed by atoms with van der Waals surface area (Å²) < 4.78 is 6.46. The van der Waals surface area contributed by atoms with Gasteiger partial charge in [0.15, 0.2) is 0 Å². The predicted octanol–water partition coefficient (Wildman–Crippen LogP) is 0.587. The van der Waals surface area contributed by atoms with Crippen molar-refractivity contribution < 1.29 is 9.53 Å². The van der Waals surface area contributed by atoms with E-state index in [1.54, 1.807) is 0 Å². The summed E-state index contributed by atoms with van der Waals surface area (Å²) in [5.74, 6) is 0.624. The SMILES string of the molecule is Nc1nc(N2CCOCC2)nn1C(=O)NC1CCCCC1. The minimum Gasteiger partial charge on any atom is -0.378 e. The van der Waals surface area contributed by atoms with Gasteiger partial charge in [-0.05, 0) is 12.8 Å². The highest BCUT2D eigenvalue weighted by atomic mass is 16.5. The lowest BCUT2D eigenvalue weighted by Gasteiger charge is -2.25. The first-order valence-electron chi connectivity index (χ1n) is 7.60. The molecule has 0 radical (unpaired) electrons. The summed E-state index contributed by atoms with van der Waals surface area (Å²) in [6, 6.07) is -0.0619. The van der Waals surface area contributed by atoms with Crippen LogP contribution in [0.25, 0.3) is 0 Å². The van der Waals surface area contributed by atoms with Gasteiger partial charge in [0.1, 0.15) is 0 Å². The van der Waals surface area contributed by atoms with Crippen molar-refractivity contribution in [2.45, 2.75) is 38.1 Å². The van der Waals surface area contributed by atoms with Crippen LogP contribution in [0.4, 0.5) is 16.7 Å². The van der Waals surface area contributed by atoms with Crippen LogP contribution >= 0.6 is 0 Å². The van der Waals surface area contributed by atoms with Crippen molar-refractivity contribution in [3.8, 4) is 0 Å². The zero-order valence-corrected chi connectivity index (χ0v) is 12.1. The topological polar surface area (TPSA) is 98.3 Å². The zero-order chi connectivity index (χ0) is 14.7. The summed E-state index contributed by atoms with van der Waals surface area (Å²) in [6.45, 7) is 2.72. The first kappa shape index (κ1) is 14.1. The van der Waals surface area contributed by atoms with Gasteiger partial charge < -0.3 is 20.7 Å². The van der Waals surface area contributed by atoms with Crippen LogP contribution in [0.2, 0.25) is 0 Å². The molecule has 21 heavy (non-hydrogen) atoms. The number of aromatic nitrogens is 3. The first-order valence-corrected chi connectivity index (χ1v) is 7.60. The molecular formula is C13H22N6O2. The van der Waals surface area contributed by atoms with E-state index in [2.05, 4.69) is 15.4 Å². The number of carbonyl (C=O) groups is 1. The van der Waals surface area contributed by atoms with Crippen LogP contribution in [-0.2, 0) is 4.74 Å². The number of nitrogens with one attached hydrogen (secondary N) is 1. The molecule has 0 unspecified atom stereocenters. The molecule has 8 heteroatoms. The van der Waals surface area contributed by atoms with E-state index in [1.807, 2.05) is 4.90 Å². The minimum atomic E-state index is -0.286. The molecule has 1 amide bonds. The molecule has 2 aliphatic rings. The molecule has 1 saturated heterocycles. The Morgan fingerprint density at radius 3 is 2.67 bits per heavy atom. The van der Waals surface area contributed by atoms with Crippen molar-refractivity contribution in [3.05, 3.63) is 0 Å². The van der Waals surface area contributed by atoms with E-state index in [4.69, 9.17) is 10.5 Å². The molecule has 0 aromatic carbocycles. The number of hydrogen-bond acceptors (Lipinski definition) is 6. The van der Waals surface area contributed by atoms with E-state index >= 15 is 0 Å². The van der Waals surface area contributed by atoms with E-state index in [0.29, 0.717) is 32.3 Å². The van der Waals surface area contributed by atoms with Crippen LogP contribution in [0.3, 0.4) is 0 Å². The lowest BCUT2D eigenvalue weighted by Crippen LogP contribution is -2.40. The molecule has 1 aliphatic heterocycles. The highest BCUT2D eigenvalue weighted by molar-refractivity contribution is 5.79. The van der Waals surface area contributed by atoms with Gasteiger partial charge in [0, 0.05) is 19.1 Å². The Morgan fingerprint density at radius 1 is 1.24 bits per heavy atom. The van der Waals surface area contributed by atoms with Gasteiger partial charge in [0.25, 0.3) is 0 Å². The highest BCUT2D eigenvalue weighted by Crippen LogP contribution is 2.18. The van der Waals surface area contributed by atoms with Crippen LogP contribution in [-0.4, -0.2) is 53.1 Å². The number of nitrogen functional groups attached to an aromatic ring is 1. The number of nitrogens with two attached hydrogens (primary N) is 1. The molecule has 1 aromatic rings. The third kappa shape index (κ3) is 3.26. The summed E-state index contributed by atoms with van der Waals surface area (Å²) >= 11 is 0. The van der Waals surface area contributed by atoms with Gasteiger partial charge in [0.2, 0.25) is 11.9 Å². The fourth-order valence-electron chi connectivity index (χ4n) is 2.84. The molecule has 0 atom stereocenters. The van der Waals surface area contributed by atoms with E-state index in [-0.39, 0.29) is 18.0 Å². The highest BCUT2D eigenvalue weighted by Gasteiger charge is 2.22. The Morgan fingerprint density at radius 2 is 1.95 bits per heavy atom. The molecule has 3 N–H and O–H groups in total. The fourth-order valence-corrected chi connectivity index (χ4v) is 2.84. The van der Waals surface area contributed by atoms with Gasteiger partial charge >= 0.3 is 6.03 Å². The van der Waals surface area contributed by atoms with Gasteiger partial charge in [-0.3, -0.25) is 0 Å². The minimum absolute atomic E-state index is 0.129. The molecule has 0 spiro atoms. The average molecular weight is 294 g/mol. The number of rotatable bonds is 2. The van der Waals surface area contributed by atoms with Gasteiger partial charge in [0.05, 0.1) is 13.2 Å². The van der Waals surface area contributed by atoms with E-state index in [1.165, 1.54) is 11.1 Å². The second-order valence-electron chi connectivity index (χ2n) is 5.57. The molecule has 1 aromatic heterocycles. The van der Waals surface area contributed by atoms with Gasteiger partial charge in [-0.25, -0.2) is 4.79 Å². The molecular weight excluding hydrogens is 272 g/mol. The summed E-state index contributed by atoms with van der Waals surface area (Å²) in [6.07, 6.45) is 5.62. The summed E-state index contributed by atoms with van der Waals surface area (Å²) in [5, 5.41) is 7.23.